The van der Waals surface area contributed by atoms with Crippen LogP contribution in [0.2, 0.25) is 0 Å². The number of carbonyl (C=O) groups excluding carboxylic acids is 1. The van der Waals surface area contributed by atoms with Crippen molar-refractivity contribution >= 4 is 21.7 Å². The van der Waals surface area contributed by atoms with Crippen LogP contribution in [0.1, 0.15) is 16.1 Å². The van der Waals surface area contributed by atoms with Crippen LogP contribution in [0.15, 0.2) is 47.1 Å². The number of ether oxygens (including phenoxy) is 1. The van der Waals surface area contributed by atoms with Crippen molar-refractivity contribution in [3.8, 4) is 5.75 Å². The molecule has 2 rings (SSSR count). The van der Waals surface area contributed by atoms with Gasteiger partial charge in [0.1, 0.15) is 5.75 Å². The maximum atomic E-state index is 12.2. The summed E-state index contributed by atoms with van der Waals surface area (Å²) in [6, 6.07) is 10.2. The monoisotopic (exact) mass is 321 g/mol. The lowest BCUT2D eigenvalue weighted by molar-refractivity contribution is -0.613. The van der Waals surface area contributed by atoms with Gasteiger partial charge in [-0.1, -0.05) is 15.9 Å². The van der Waals surface area contributed by atoms with E-state index in [2.05, 4.69) is 15.9 Å². The fourth-order valence-electron chi connectivity index (χ4n) is 1.76. The van der Waals surface area contributed by atoms with Crippen molar-refractivity contribution < 1.29 is 14.3 Å². The van der Waals surface area contributed by atoms with E-state index in [4.69, 9.17) is 4.74 Å². The maximum absolute atomic E-state index is 12.2. The van der Waals surface area contributed by atoms with Gasteiger partial charge in [0.2, 0.25) is 5.69 Å². The van der Waals surface area contributed by atoms with Crippen LogP contribution in [0.3, 0.4) is 0 Å². The summed E-state index contributed by atoms with van der Waals surface area (Å²) in [6.45, 7) is 0. The third-order valence-corrected chi connectivity index (χ3v) is 3.20. The second kappa shape index (κ2) is 5.84. The standard InChI is InChI=1S/C14H12BrNO3/c1-19-14-6-5-10(15)8-12(14)13(17)9-11-4-2-3-7-16(11)18/h2-8H,9H2,1H3. The zero-order valence-electron chi connectivity index (χ0n) is 10.3. The fourth-order valence-corrected chi connectivity index (χ4v) is 2.12. The Balaban J connectivity index is 2.30. The van der Waals surface area contributed by atoms with Crippen LogP contribution in [-0.4, -0.2) is 12.9 Å². The molecule has 0 spiro atoms. The van der Waals surface area contributed by atoms with Gasteiger partial charge in [0, 0.05) is 16.6 Å². The first-order valence-corrected chi connectivity index (χ1v) is 6.45. The highest BCUT2D eigenvalue weighted by Crippen LogP contribution is 2.24. The molecule has 0 bridgehead atoms. The van der Waals surface area contributed by atoms with E-state index in [1.807, 2.05) is 0 Å². The first-order valence-electron chi connectivity index (χ1n) is 5.65. The SMILES string of the molecule is COc1ccc(Br)cc1C(=O)Cc1cccc[n+]1[O-]. The van der Waals surface area contributed by atoms with Gasteiger partial charge in [-0.3, -0.25) is 4.79 Å². The Hall–Kier alpha value is -1.88. The molecule has 1 aromatic carbocycles. The fraction of sp³-hybridized carbons (Fsp3) is 0.143. The van der Waals surface area contributed by atoms with Crippen molar-refractivity contribution in [1.29, 1.82) is 0 Å². The van der Waals surface area contributed by atoms with Gasteiger partial charge >= 0.3 is 0 Å². The highest BCUT2D eigenvalue weighted by molar-refractivity contribution is 9.10. The number of halogens is 1. The molecule has 0 radical (unpaired) electrons. The molecule has 0 saturated carbocycles. The molecule has 5 heteroatoms. The highest BCUT2D eigenvalue weighted by atomic mass is 79.9. The van der Waals surface area contributed by atoms with Gasteiger partial charge in [-0.05, 0) is 24.3 Å². The molecule has 4 nitrogen and oxygen atoms in total. The topological polar surface area (TPSA) is 53.2 Å². The molecular weight excluding hydrogens is 310 g/mol. The predicted molar refractivity (Wildman–Crippen MR) is 74.1 cm³/mol. The number of benzene rings is 1. The number of hydrogen-bond acceptors (Lipinski definition) is 3. The number of Topliss-reactive ketones (excluding diaryl/α,β-unsaturated/α-hetero) is 1. The van der Waals surface area contributed by atoms with Crippen molar-refractivity contribution in [1.82, 2.24) is 0 Å². The highest BCUT2D eigenvalue weighted by Gasteiger charge is 2.17. The van der Waals surface area contributed by atoms with Crippen LogP contribution >= 0.6 is 15.9 Å². The van der Waals surface area contributed by atoms with Gasteiger partial charge in [0.25, 0.3) is 0 Å². The molecule has 0 aliphatic rings. The Kier molecular flexibility index (Phi) is 4.16. The van der Waals surface area contributed by atoms with Crippen LogP contribution in [0, 0.1) is 5.21 Å². The van der Waals surface area contributed by atoms with Crippen LogP contribution < -0.4 is 9.47 Å². The minimum absolute atomic E-state index is 0.0388. The summed E-state index contributed by atoms with van der Waals surface area (Å²) in [5.41, 5.74) is 0.871. The summed E-state index contributed by atoms with van der Waals surface area (Å²) in [5.74, 6) is 0.343. The summed E-state index contributed by atoms with van der Waals surface area (Å²) in [6.07, 6.45) is 1.41. The molecule has 0 N–H and O–H groups in total. The first kappa shape index (κ1) is 13.5. The number of nitrogens with zero attached hydrogens (tertiary/aromatic N) is 1. The number of pyridine rings is 1. The smallest absolute Gasteiger partial charge is 0.200 e. The van der Waals surface area contributed by atoms with E-state index in [0.29, 0.717) is 21.7 Å². The molecule has 0 amide bonds. The minimum Gasteiger partial charge on any atom is -0.618 e. The molecule has 0 aliphatic carbocycles. The second-order valence-corrected chi connectivity index (χ2v) is 4.88. The van der Waals surface area contributed by atoms with Gasteiger partial charge in [0.05, 0.1) is 19.1 Å². The van der Waals surface area contributed by atoms with Crippen molar-refractivity contribution in [3.63, 3.8) is 0 Å². The summed E-state index contributed by atoms with van der Waals surface area (Å²) >= 11 is 3.32. The van der Waals surface area contributed by atoms with E-state index in [9.17, 15) is 10.0 Å². The molecule has 0 unspecified atom stereocenters. The van der Waals surface area contributed by atoms with Crippen molar-refractivity contribution in [2.45, 2.75) is 6.42 Å². The van der Waals surface area contributed by atoms with Gasteiger partial charge < -0.3 is 9.94 Å². The van der Waals surface area contributed by atoms with E-state index in [0.717, 1.165) is 4.47 Å². The largest absolute Gasteiger partial charge is 0.618 e. The summed E-state index contributed by atoms with van der Waals surface area (Å²) in [7, 11) is 1.51. The molecule has 0 saturated heterocycles. The third kappa shape index (κ3) is 3.12. The Morgan fingerprint density at radius 1 is 1.37 bits per heavy atom. The molecule has 1 heterocycles. The Labute approximate surface area is 119 Å². The number of rotatable bonds is 4. The lowest BCUT2D eigenvalue weighted by atomic mass is 10.1. The van der Waals surface area contributed by atoms with E-state index in [-0.39, 0.29) is 12.2 Å². The normalized spacial score (nSPS) is 10.2. The quantitative estimate of drug-likeness (QED) is 0.494. The van der Waals surface area contributed by atoms with E-state index in [1.54, 1.807) is 36.4 Å². The van der Waals surface area contributed by atoms with Gasteiger partial charge in [-0.2, -0.15) is 4.73 Å². The van der Waals surface area contributed by atoms with E-state index >= 15 is 0 Å². The molecule has 0 aliphatic heterocycles. The van der Waals surface area contributed by atoms with Gasteiger partial charge in [-0.15, -0.1) is 0 Å². The third-order valence-electron chi connectivity index (χ3n) is 2.71. The molecule has 2 aromatic rings. The molecule has 1 aromatic heterocycles. The molecule has 19 heavy (non-hydrogen) atoms. The van der Waals surface area contributed by atoms with Crippen LogP contribution in [-0.2, 0) is 6.42 Å². The van der Waals surface area contributed by atoms with Crippen LogP contribution in [0.25, 0.3) is 0 Å². The van der Waals surface area contributed by atoms with Crippen molar-refractivity contribution in [2.24, 2.45) is 0 Å². The van der Waals surface area contributed by atoms with Crippen molar-refractivity contribution in [3.05, 3.63) is 63.5 Å². The maximum Gasteiger partial charge on any atom is 0.200 e. The number of ketones is 1. The average molecular weight is 322 g/mol. The Bertz CT molecular complexity index is 613. The summed E-state index contributed by atoms with van der Waals surface area (Å²) in [4.78, 5) is 12.2. The molecular formula is C14H12BrNO3. The predicted octanol–water partition coefficient (Wildman–Crippen LogP) is 2.52. The number of carbonyl (C=O) groups is 1. The Morgan fingerprint density at radius 2 is 2.16 bits per heavy atom. The number of hydrogen-bond donors (Lipinski definition) is 0. The zero-order chi connectivity index (χ0) is 13.8. The lowest BCUT2D eigenvalue weighted by Gasteiger charge is -2.08. The van der Waals surface area contributed by atoms with E-state index < -0.39 is 0 Å². The zero-order valence-corrected chi connectivity index (χ0v) is 11.9. The van der Waals surface area contributed by atoms with Crippen LogP contribution in [0.4, 0.5) is 0 Å². The summed E-state index contributed by atoms with van der Waals surface area (Å²) < 4.78 is 6.65. The first-order chi connectivity index (χ1) is 9.11. The van der Waals surface area contributed by atoms with Crippen LogP contribution in [0.5, 0.6) is 5.75 Å². The van der Waals surface area contributed by atoms with Crippen molar-refractivity contribution in [2.75, 3.05) is 7.11 Å². The number of methoxy groups -OCH3 is 1. The van der Waals surface area contributed by atoms with Gasteiger partial charge in [-0.25, -0.2) is 0 Å². The summed E-state index contributed by atoms with van der Waals surface area (Å²) in [5, 5.41) is 11.5. The minimum atomic E-state index is -0.158. The Morgan fingerprint density at radius 3 is 2.84 bits per heavy atom. The second-order valence-electron chi connectivity index (χ2n) is 3.96. The molecule has 0 atom stereocenters. The molecule has 0 fully saturated rings. The van der Waals surface area contributed by atoms with Gasteiger partial charge in [0.15, 0.2) is 12.0 Å². The number of aromatic nitrogens is 1. The lowest BCUT2D eigenvalue weighted by Crippen LogP contribution is -2.32. The molecule has 98 valence electrons. The van der Waals surface area contributed by atoms with E-state index in [1.165, 1.54) is 13.3 Å². The average Bonchev–Trinajstić information content (AvgIpc) is 2.41.